The van der Waals surface area contributed by atoms with Crippen LogP contribution in [0.5, 0.6) is 0 Å². The van der Waals surface area contributed by atoms with Gasteiger partial charge in [0, 0.05) is 12.0 Å². The number of oxazole rings is 1. The molecule has 0 saturated carbocycles. The number of aromatic nitrogens is 1. The van der Waals surface area contributed by atoms with Crippen molar-refractivity contribution in [3.05, 3.63) is 42.3 Å². The third-order valence-electron chi connectivity index (χ3n) is 2.27. The van der Waals surface area contributed by atoms with Crippen LogP contribution in [0.2, 0.25) is 0 Å². The molecule has 0 unspecified atom stereocenters. The van der Waals surface area contributed by atoms with Crippen LogP contribution in [0.3, 0.4) is 0 Å². The number of aryl methyl sites for hydroxylation is 1. The molecule has 4 nitrogen and oxygen atoms in total. The van der Waals surface area contributed by atoms with E-state index >= 15 is 0 Å². The third-order valence-corrected chi connectivity index (χ3v) is 2.27. The van der Waals surface area contributed by atoms with Crippen LogP contribution < -0.4 is 5.73 Å². The molecule has 0 bridgehead atoms. The quantitative estimate of drug-likeness (QED) is 0.846. The van der Waals surface area contributed by atoms with E-state index in [9.17, 15) is 4.79 Å². The summed E-state index contributed by atoms with van der Waals surface area (Å²) in [4.78, 5) is 14.7. The zero-order valence-corrected chi connectivity index (χ0v) is 8.72. The predicted octanol–water partition coefficient (Wildman–Crippen LogP) is 1.76. The molecule has 0 aliphatic rings. The Kier molecular flexibility index (Phi) is 3.00. The van der Waals surface area contributed by atoms with E-state index in [1.165, 1.54) is 6.26 Å². The van der Waals surface area contributed by atoms with Crippen LogP contribution in [0.15, 0.2) is 41.1 Å². The first-order valence-corrected chi connectivity index (χ1v) is 5.03. The molecule has 0 radical (unpaired) electrons. The standard InChI is InChI=1S/C12H12N2O2/c13-11(15)5-4-9-2-1-3-10(8-9)12-14-6-7-16-12/h1-3,6-8H,4-5H2,(H2,13,15). The fourth-order valence-electron chi connectivity index (χ4n) is 1.49. The van der Waals surface area contributed by atoms with Crippen LogP contribution >= 0.6 is 0 Å². The van der Waals surface area contributed by atoms with E-state index in [1.54, 1.807) is 6.20 Å². The van der Waals surface area contributed by atoms with Crippen molar-refractivity contribution < 1.29 is 9.21 Å². The summed E-state index contributed by atoms with van der Waals surface area (Å²) in [6.07, 6.45) is 4.13. The highest BCUT2D eigenvalue weighted by Gasteiger charge is 2.03. The van der Waals surface area contributed by atoms with E-state index in [2.05, 4.69) is 4.98 Å². The first-order chi connectivity index (χ1) is 7.75. The first kappa shape index (κ1) is 10.4. The van der Waals surface area contributed by atoms with Crippen molar-refractivity contribution in [1.82, 2.24) is 4.98 Å². The molecule has 1 heterocycles. The summed E-state index contributed by atoms with van der Waals surface area (Å²) in [5, 5.41) is 0. The molecule has 0 fully saturated rings. The molecule has 0 aliphatic heterocycles. The Bertz CT molecular complexity index is 478. The second-order valence-corrected chi connectivity index (χ2v) is 3.50. The summed E-state index contributed by atoms with van der Waals surface area (Å²) in [5.41, 5.74) is 7.06. The van der Waals surface area contributed by atoms with Crippen LogP contribution in [0.25, 0.3) is 11.5 Å². The Morgan fingerprint density at radius 2 is 2.31 bits per heavy atom. The summed E-state index contributed by atoms with van der Waals surface area (Å²) in [6.45, 7) is 0. The lowest BCUT2D eigenvalue weighted by molar-refractivity contribution is -0.117. The molecular weight excluding hydrogens is 204 g/mol. The number of primary amides is 1. The topological polar surface area (TPSA) is 69.1 Å². The van der Waals surface area contributed by atoms with Crippen molar-refractivity contribution in [3.63, 3.8) is 0 Å². The Labute approximate surface area is 93.1 Å². The van der Waals surface area contributed by atoms with Gasteiger partial charge in [0.05, 0.1) is 6.20 Å². The largest absolute Gasteiger partial charge is 0.445 e. The van der Waals surface area contributed by atoms with E-state index in [-0.39, 0.29) is 5.91 Å². The number of benzene rings is 1. The van der Waals surface area contributed by atoms with Gasteiger partial charge in [-0.05, 0) is 24.1 Å². The van der Waals surface area contributed by atoms with Gasteiger partial charge in [0.25, 0.3) is 0 Å². The molecule has 16 heavy (non-hydrogen) atoms. The molecule has 2 aromatic rings. The average Bonchev–Trinajstić information content (AvgIpc) is 2.80. The summed E-state index contributed by atoms with van der Waals surface area (Å²) in [5.74, 6) is 0.294. The number of carbonyl (C=O) groups excluding carboxylic acids is 1. The van der Waals surface area contributed by atoms with Crippen LogP contribution in [-0.4, -0.2) is 10.9 Å². The SMILES string of the molecule is NC(=O)CCc1cccc(-c2ncco2)c1. The van der Waals surface area contributed by atoms with Crippen molar-refractivity contribution in [2.75, 3.05) is 0 Å². The van der Waals surface area contributed by atoms with E-state index < -0.39 is 0 Å². The van der Waals surface area contributed by atoms with Crippen molar-refractivity contribution in [1.29, 1.82) is 0 Å². The number of carbonyl (C=O) groups is 1. The van der Waals surface area contributed by atoms with Crippen molar-refractivity contribution in [2.24, 2.45) is 5.73 Å². The monoisotopic (exact) mass is 216 g/mol. The summed E-state index contributed by atoms with van der Waals surface area (Å²) in [7, 11) is 0. The van der Waals surface area contributed by atoms with Gasteiger partial charge in [0.2, 0.25) is 11.8 Å². The highest BCUT2D eigenvalue weighted by atomic mass is 16.3. The van der Waals surface area contributed by atoms with Gasteiger partial charge >= 0.3 is 0 Å². The number of hydrogen-bond acceptors (Lipinski definition) is 3. The molecule has 1 amide bonds. The van der Waals surface area contributed by atoms with Crippen molar-refractivity contribution in [3.8, 4) is 11.5 Å². The number of nitrogens with two attached hydrogens (primary N) is 1. The molecule has 1 aromatic heterocycles. The van der Waals surface area contributed by atoms with Crippen LogP contribution in [0.4, 0.5) is 0 Å². The minimum absolute atomic E-state index is 0.290. The lowest BCUT2D eigenvalue weighted by atomic mass is 10.1. The van der Waals surface area contributed by atoms with Gasteiger partial charge in [0.15, 0.2) is 0 Å². The van der Waals surface area contributed by atoms with E-state index in [0.717, 1.165) is 11.1 Å². The number of rotatable bonds is 4. The second kappa shape index (κ2) is 4.61. The molecule has 0 aliphatic carbocycles. The van der Waals surface area contributed by atoms with Crippen LogP contribution in [0.1, 0.15) is 12.0 Å². The Morgan fingerprint density at radius 1 is 1.44 bits per heavy atom. The smallest absolute Gasteiger partial charge is 0.225 e. The van der Waals surface area contributed by atoms with Crippen LogP contribution in [0, 0.1) is 0 Å². The number of nitrogens with zero attached hydrogens (tertiary/aromatic N) is 1. The molecule has 0 spiro atoms. The highest BCUT2D eigenvalue weighted by molar-refractivity contribution is 5.74. The lowest BCUT2D eigenvalue weighted by Gasteiger charge is -2.01. The zero-order chi connectivity index (χ0) is 11.4. The van der Waals surface area contributed by atoms with Gasteiger partial charge in [0.1, 0.15) is 6.26 Å². The molecule has 1 aromatic carbocycles. The molecule has 0 atom stereocenters. The fraction of sp³-hybridized carbons (Fsp3) is 0.167. The summed E-state index contributed by atoms with van der Waals surface area (Å²) in [6, 6.07) is 7.74. The average molecular weight is 216 g/mol. The minimum Gasteiger partial charge on any atom is -0.445 e. The van der Waals surface area contributed by atoms with E-state index in [1.807, 2.05) is 24.3 Å². The van der Waals surface area contributed by atoms with Crippen LogP contribution in [-0.2, 0) is 11.2 Å². The predicted molar refractivity (Wildman–Crippen MR) is 59.5 cm³/mol. The molecule has 0 saturated heterocycles. The van der Waals surface area contributed by atoms with Gasteiger partial charge < -0.3 is 10.2 Å². The number of hydrogen-bond donors (Lipinski definition) is 1. The van der Waals surface area contributed by atoms with Gasteiger partial charge in [-0.15, -0.1) is 0 Å². The van der Waals surface area contributed by atoms with Gasteiger partial charge in [-0.25, -0.2) is 4.98 Å². The van der Waals surface area contributed by atoms with Crippen molar-refractivity contribution in [2.45, 2.75) is 12.8 Å². The molecule has 2 N–H and O–H groups in total. The molecule has 2 rings (SSSR count). The maximum absolute atomic E-state index is 10.7. The molecular formula is C12H12N2O2. The summed E-state index contributed by atoms with van der Waals surface area (Å²) < 4.78 is 5.20. The third kappa shape index (κ3) is 2.48. The minimum atomic E-state index is -0.290. The maximum atomic E-state index is 10.7. The van der Waals surface area contributed by atoms with Gasteiger partial charge in [-0.2, -0.15) is 0 Å². The molecule has 82 valence electrons. The normalized spacial score (nSPS) is 10.2. The lowest BCUT2D eigenvalue weighted by Crippen LogP contribution is -2.11. The second-order valence-electron chi connectivity index (χ2n) is 3.50. The Balaban J connectivity index is 2.17. The Hall–Kier alpha value is -2.10. The first-order valence-electron chi connectivity index (χ1n) is 5.03. The number of amides is 1. The van der Waals surface area contributed by atoms with E-state index in [0.29, 0.717) is 18.7 Å². The summed E-state index contributed by atoms with van der Waals surface area (Å²) >= 11 is 0. The van der Waals surface area contributed by atoms with Gasteiger partial charge in [-0.1, -0.05) is 12.1 Å². The fourth-order valence-corrected chi connectivity index (χ4v) is 1.49. The van der Waals surface area contributed by atoms with E-state index in [4.69, 9.17) is 10.2 Å². The highest BCUT2D eigenvalue weighted by Crippen LogP contribution is 2.18. The van der Waals surface area contributed by atoms with Crippen molar-refractivity contribution >= 4 is 5.91 Å². The molecule has 4 heteroatoms. The maximum Gasteiger partial charge on any atom is 0.225 e. The Morgan fingerprint density at radius 3 is 3.00 bits per heavy atom. The zero-order valence-electron chi connectivity index (χ0n) is 8.72. The van der Waals surface area contributed by atoms with Gasteiger partial charge in [-0.3, -0.25) is 4.79 Å².